The Kier molecular flexibility index (Phi) is 3.32. The van der Waals surface area contributed by atoms with Crippen LogP contribution in [0.25, 0.3) is 10.2 Å². The summed E-state index contributed by atoms with van der Waals surface area (Å²) in [7, 11) is 0. The van der Waals surface area contributed by atoms with E-state index in [0.29, 0.717) is 32.7 Å². The van der Waals surface area contributed by atoms with Gasteiger partial charge in [0.1, 0.15) is 17.0 Å². The lowest BCUT2D eigenvalue weighted by molar-refractivity contribution is -0.157. The van der Waals surface area contributed by atoms with Crippen molar-refractivity contribution in [2.45, 2.75) is 20.3 Å². The van der Waals surface area contributed by atoms with Crippen LogP contribution in [0.1, 0.15) is 16.9 Å². The number of aryl methyl sites for hydroxylation is 2. The standard InChI is InChI=1S/C16H19N3O3S/c1-9-10(2)23-14-12(9)13(17-8-18-14)19-5-11-6-22-4-3-16(11,7-19)15(20)21/h8,11H,3-7H2,1-2H3,(H,20,21)/t11-,16+/m1/s1. The summed E-state index contributed by atoms with van der Waals surface area (Å²) in [4.78, 5) is 25.2. The summed E-state index contributed by atoms with van der Waals surface area (Å²) >= 11 is 1.66. The lowest BCUT2D eigenvalue weighted by atomic mass is 9.74. The zero-order valence-corrected chi connectivity index (χ0v) is 14.0. The van der Waals surface area contributed by atoms with Crippen molar-refractivity contribution >= 4 is 33.3 Å². The second-order valence-electron chi connectivity index (χ2n) is 6.52. The molecule has 0 bridgehead atoms. The van der Waals surface area contributed by atoms with Crippen molar-refractivity contribution in [3.05, 3.63) is 16.8 Å². The number of ether oxygens (including phenoxy) is 1. The molecule has 4 rings (SSSR count). The number of carbonyl (C=O) groups is 1. The Balaban J connectivity index is 1.79. The van der Waals surface area contributed by atoms with Crippen LogP contribution >= 0.6 is 11.3 Å². The van der Waals surface area contributed by atoms with E-state index < -0.39 is 11.4 Å². The molecular formula is C16H19N3O3S. The van der Waals surface area contributed by atoms with E-state index in [-0.39, 0.29) is 5.92 Å². The fraction of sp³-hybridized carbons (Fsp3) is 0.562. The molecule has 2 atom stereocenters. The Morgan fingerprint density at radius 3 is 3.04 bits per heavy atom. The van der Waals surface area contributed by atoms with E-state index in [2.05, 4.69) is 28.7 Å². The van der Waals surface area contributed by atoms with Crippen molar-refractivity contribution in [1.29, 1.82) is 0 Å². The van der Waals surface area contributed by atoms with E-state index in [9.17, 15) is 9.90 Å². The van der Waals surface area contributed by atoms with Gasteiger partial charge >= 0.3 is 5.97 Å². The first kappa shape index (κ1) is 14.8. The van der Waals surface area contributed by atoms with Gasteiger partial charge in [-0.25, -0.2) is 9.97 Å². The number of fused-ring (bicyclic) bond motifs is 2. The average molecular weight is 333 g/mol. The van der Waals surface area contributed by atoms with Crippen molar-refractivity contribution in [2.24, 2.45) is 11.3 Å². The molecule has 0 aliphatic carbocycles. The average Bonchev–Trinajstić information content (AvgIpc) is 3.07. The van der Waals surface area contributed by atoms with E-state index in [1.165, 1.54) is 10.4 Å². The van der Waals surface area contributed by atoms with Gasteiger partial charge in [0.25, 0.3) is 0 Å². The second-order valence-corrected chi connectivity index (χ2v) is 7.73. The van der Waals surface area contributed by atoms with E-state index >= 15 is 0 Å². The number of rotatable bonds is 2. The van der Waals surface area contributed by atoms with Gasteiger partial charge in [-0.15, -0.1) is 11.3 Å². The van der Waals surface area contributed by atoms with Crippen LogP contribution in [0.15, 0.2) is 6.33 Å². The highest BCUT2D eigenvalue weighted by Gasteiger charge is 2.54. The Morgan fingerprint density at radius 2 is 2.30 bits per heavy atom. The third-order valence-electron chi connectivity index (χ3n) is 5.38. The van der Waals surface area contributed by atoms with Gasteiger partial charge in [0, 0.05) is 30.5 Å². The molecule has 23 heavy (non-hydrogen) atoms. The van der Waals surface area contributed by atoms with E-state index in [1.54, 1.807) is 17.7 Å². The van der Waals surface area contributed by atoms with Crippen LogP contribution in [0, 0.1) is 25.2 Å². The molecule has 0 unspecified atom stereocenters. The van der Waals surface area contributed by atoms with Crippen molar-refractivity contribution in [2.75, 3.05) is 31.2 Å². The number of carboxylic acid groups (broad SMARTS) is 1. The fourth-order valence-corrected chi connectivity index (χ4v) is 4.86. The molecule has 0 radical (unpaired) electrons. The molecular weight excluding hydrogens is 314 g/mol. The van der Waals surface area contributed by atoms with Gasteiger partial charge in [0.15, 0.2) is 0 Å². The highest BCUT2D eigenvalue weighted by atomic mass is 32.1. The molecule has 7 heteroatoms. The zero-order chi connectivity index (χ0) is 16.2. The van der Waals surface area contributed by atoms with Gasteiger partial charge in [0.05, 0.1) is 17.4 Å². The van der Waals surface area contributed by atoms with Gasteiger partial charge in [0.2, 0.25) is 0 Å². The van der Waals surface area contributed by atoms with Crippen LogP contribution in [-0.4, -0.2) is 47.3 Å². The van der Waals surface area contributed by atoms with Crippen LogP contribution < -0.4 is 4.90 Å². The van der Waals surface area contributed by atoms with Crippen molar-refractivity contribution in [1.82, 2.24) is 9.97 Å². The van der Waals surface area contributed by atoms with Crippen LogP contribution in [0.5, 0.6) is 0 Å². The normalized spacial score (nSPS) is 27.4. The number of aromatic nitrogens is 2. The summed E-state index contributed by atoms with van der Waals surface area (Å²) in [5.41, 5.74) is 0.477. The zero-order valence-electron chi connectivity index (χ0n) is 13.2. The first-order chi connectivity index (χ1) is 11.0. The van der Waals surface area contributed by atoms with Gasteiger partial charge < -0.3 is 14.7 Å². The molecule has 2 aromatic heterocycles. The van der Waals surface area contributed by atoms with Crippen molar-refractivity contribution < 1.29 is 14.6 Å². The molecule has 2 aliphatic heterocycles. The molecule has 0 spiro atoms. The first-order valence-electron chi connectivity index (χ1n) is 7.80. The quantitative estimate of drug-likeness (QED) is 0.908. The van der Waals surface area contributed by atoms with Gasteiger partial charge in [-0.3, -0.25) is 4.79 Å². The van der Waals surface area contributed by atoms with Crippen LogP contribution in [0.3, 0.4) is 0 Å². The van der Waals surface area contributed by atoms with Crippen LogP contribution in [0.4, 0.5) is 5.82 Å². The maximum Gasteiger partial charge on any atom is 0.311 e. The molecule has 2 aromatic rings. The summed E-state index contributed by atoms with van der Waals surface area (Å²) in [6.45, 7) is 6.37. The van der Waals surface area contributed by atoms with Gasteiger partial charge in [-0.1, -0.05) is 0 Å². The molecule has 2 aliphatic rings. The van der Waals surface area contributed by atoms with Crippen molar-refractivity contribution in [3.63, 3.8) is 0 Å². The number of carboxylic acids is 1. The van der Waals surface area contributed by atoms with E-state index in [0.717, 1.165) is 16.0 Å². The highest BCUT2D eigenvalue weighted by molar-refractivity contribution is 7.18. The maximum atomic E-state index is 12.0. The molecule has 2 fully saturated rings. The van der Waals surface area contributed by atoms with Crippen LogP contribution in [0.2, 0.25) is 0 Å². The molecule has 2 saturated heterocycles. The highest BCUT2D eigenvalue weighted by Crippen LogP contribution is 2.45. The molecule has 0 aromatic carbocycles. The lowest BCUT2D eigenvalue weighted by Gasteiger charge is -2.33. The molecule has 0 saturated carbocycles. The first-order valence-corrected chi connectivity index (χ1v) is 8.61. The SMILES string of the molecule is Cc1sc2ncnc(N3C[C@@H]4COCC[C@]4(C(=O)O)C3)c2c1C. The number of nitrogens with zero attached hydrogens (tertiary/aromatic N) is 3. The smallest absolute Gasteiger partial charge is 0.311 e. The number of aliphatic carboxylic acids is 1. The van der Waals surface area contributed by atoms with E-state index in [4.69, 9.17) is 4.74 Å². The topological polar surface area (TPSA) is 75.5 Å². The molecule has 122 valence electrons. The van der Waals surface area contributed by atoms with Crippen molar-refractivity contribution in [3.8, 4) is 0 Å². The minimum absolute atomic E-state index is 0.0128. The third-order valence-corrected chi connectivity index (χ3v) is 6.49. The lowest BCUT2D eigenvalue weighted by Crippen LogP contribution is -2.44. The summed E-state index contributed by atoms with van der Waals surface area (Å²) in [5, 5.41) is 10.9. The third kappa shape index (κ3) is 2.06. The minimum Gasteiger partial charge on any atom is -0.481 e. The monoisotopic (exact) mass is 333 g/mol. The predicted molar refractivity (Wildman–Crippen MR) is 88.1 cm³/mol. The minimum atomic E-state index is -0.714. The Hall–Kier alpha value is -1.73. The largest absolute Gasteiger partial charge is 0.481 e. The predicted octanol–water partition coefficient (Wildman–Crippen LogP) is 2.24. The Morgan fingerprint density at radius 1 is 1.48 bits per heavy atom. The molecule has 6 nitrogen and oxygen atoms in total. The molecule has 1 N–H and O–H groups in total. The number of thiophene rings is 1. The van der Waals surface area contributed by atoms with Gasteiger partial charge in [-0.05, 0) is 25.8 Å². The summed E-state index contributed by atoms with van der Waals surface area (Å²) in [6, 6.07) is 0. The Bertz CT molecular complexity index is 790. The second kappa shape index (κ2) is 5.14. The Labute approximate surface area is 138 Å². The fourth-order valence-electron chi connectivity index (χ4n) is 3.86. The van der Waals surface area contributed by atoms with E-state index in [1.807, 2.05) is 0 Å². The molecule has 4 heterocycles. The maximum absolute atomic E-state index is 12.0. The number of anilines is 1. The summed E-state index contributed by atoms with van der Waals surface area (Å²) in [5.74, 6) is 0.169. The summed E-state index contributed by atoms with van der Waals surface area (Å²) < 4.78 is 5.54. The number of hydrogen-bond acceptors (Lipinski definition) is 6. The number of hydrogen-bond donors (Lipinski definition) is 1. The van der Waals surface area contributed by atoms with Crippen LogP contribution in [-0.2, 0) is 9.53 Å². The van der Waals surface area contributed by atoms with Gasteiger partial charge in [-0.2, -0.15) is 0 Å². The molecule has 0 amide bonds. The summed E-state index contributed by atoms with van der Waals surface area (Å²) in [6.07, 6.45) is 2.15.